The fourth-order valence-electron chi connectivity index (χ4n) is 2.87. The number of carboxylic acids is 1. The fourth-order valence-corrected chi connectivity index (χ4v) is 2.87. The van der Waals surface area contributed by atoms with E-state index >= 15 is 0 Å². The summed E-state index contributed by atoms with van der Waals surface area (Å²) in [6, 6.07) is -0.605. The summed E-state index contributed by atoms with van der Waals surface area (Å²) >= 11 is 0. The van der Waals surface area contributed by atoms with Gasteiger partial charge in [0.25, 0.3) is 0 Å². The van der Waals surface area contributed by atoms with Crippen molar-refractivity contribution >= 4 is 11.9 Å². The predicted molar refractivity (Wildman–Crippen MR) is 79.5 cm³/mol. The quantitative estimate of drug-likeness (QED) is 0.694. The Bertz CT molecular complexity index is 317. The molecule has 0 bridgehead atoms. The number of amides is 1. The van der Waals surface area contributed by atoms with Crippen LogP contribution >= 0.6 is 0 Å². The minimum Gasteiger partial charge on any atom is -0.480 e. The summed E-state index contributed by atoms with van der Waals surface area (Å²) < 4.78 is 0. The number of rotatable bonds is 8. The Hall–Kier alpha value is -1.06. The van der Waals surface area contributed by atoms with E-state index in [0.717, 1.165) is 19.3 Å². The van der Waals surface area contributed by atoms with Gasteiger partial charge in [0.1, 0.15) is 6.04 Å². The molecule has 1 rings (SSSR count). The van der Waals surface area contributed by atoms with E-state index in [-0.39, 0.29) is 5.91 Å². The molecule has 4 nitrogen and oxygen atoms in total. The zero-order valence-electron chi connectivity index (χ0n) is 12.9. The lowest BCUT2D eigenvalue weighted by Gasteiger charge is -2.36. The molecule has 0 aliphatic carbocycles. The molecule has 1 aliphatic rings. The highest BCUT2D eigenvalue weighted by Gasteiger charge is 2.34. The monoisotopic (exact) mass is 283 g/mol. The molecule has 2 unspecified atom stereocenters. The van der Waals surface area contributed by atoms with E-state index in [9.17, 15) is 14.7 Å². The average molecular weight is 283 g/mol. The molecule has 1 heterocycles. The van der Waals surface area contributed by atoms with Crippen molar-refractivity contribution in [3.05, 3.63) is 0 Å². The first kappa shape index (κ1) is 17.0. The first-order chi connectivity index (χ1) is 9.56. The number of aliphatic carboxylic acids is 1. The second kappa shape index (κ2) is 8.98. The van der Waals surface area contributed by atoms with Gasteiger partial charge in [-0.2, -0.15) is 0 Å². The number of hydrogen-bond acceptors (Lipinski definition) is 2. The van der Waals surface area contributed by atoms with E-state index in [1.165, 1.54) is 25.7 Å². The van der Waals surface area contributed by atoms with Crippen molar-refractivity contribution in [2.24, 2.45) is 5.92 Å². The second-order valence-electron chi connectivity index (χ2n) is 6.09. The molecular weight excluding hydrogens is 254 g/mol. The van der Waals surface area contributed by atoms with Crippen LogP contribution in [0.5, 0.6) is 0 Å². The normalized spacial score (nSPS) is 22.8. The van der Waals surface area contributed by atoms with Gasteiger partial charge in [0, 0.05) is 13.0 Å². The zero-order valence-corrected chi connectivity index (χ0v) is 12.9. The SMILES string of the molecule is CCCCCCCCC(=O)N1CCC(C)CC1C(=O)O. The highest BCUT2D eigenvalue weighted by atomic mass is 16.4. The minimum atomic E-state index is -0.854. The van der Waals surface area contributed by atoms with Gasteiger partial charge in [-0.25, -0.2) is 4.79 Å². The molecule has 116 valence electrons. The van der Waals surface area contributed by atoms with Gasteiger partial charge in [-0.15, -0.1) is 0 Å². The largest absolute Gasteiger partial charge is 0.480 e. The molecule has 0 spiro atoms. The molecule has 0 aromatic carbocycles. The summed E-state index contributed by atoms with van der Waals surface area (Å²) in [5.41, 5.74) is 0. The van der Waals surface area contributed by atoms with E-state index in [1.54, 1.807) is 4.90 Å². The van der Waals surface area contributed by atoms with Crippen LogP contribution in [0.25, 0.3) is 0 Å². The van der Waals surface area contributed by atoms with E-state index in [0.29, 0.717) is 25.3 Å². The summed E-state index contributed by atoms with van der Waals surface area (Å²) in [6.07, 6.45) is 8.90. The molecule has 20 heavy (non-hydrogen) atoms. The van der Waals surface area contributed by atoms with E-state index in [4.69, 9.17) is 0 Å². The van der Waals surface area contributed by atoms with Crippen molar-refractivity contribution < 1.29 is 14.7 Å². The Morgan fingerprint density at radius 1 is 1.15 bits per heavy atom. The van der Waals surface area contributed by atoms with Crippen LogP contribution in [0.4, 0.5) is 0 Å². The van der Waals surface area contributed by atoms with E-state index in [1.807, 2.05) is 0 Å². The topological polar surface area (TPSA) is 57.6 Å². The molecule has 1 saturated heterocycles. The van der Waals surface area contributed by atoms with Gasteiger partial charge >= 0.3 is 5.97 Å². The highest BCUT2D eigenvalue weighted by molar-refractivity contribution is 5.83. The molecule has 4 heteroatoms. The van der Waals surface area contributed by atoms with Gasteiger partial charge in [-0.1, -0.05) is 46.0 Å². The van der Waals surface area contributed by atoms with Crippen LogP contribution < -0.4 is 0 Å². The van der Waals surface area contributed by atoms with Gasteiger partial charge in [-0.3, -0.25) is 4.79 Å². The number of carbonyl (C=O) groups excluding carboxylic acids is 1. The number of unbranched alkanes of at least 4 members (excludes halogenated alkanes) is 5. The lowest BCUT2D eigenvalue weighted by molar-refractivity contribution is -0.153. The standard InChI is InChI=1S/C16H29NO3/c1-3-4-5-6-7-8-9-15(18)17-11-10-13(2)12-14(17)16(19)20/h13-14H,3-12H2,1-2H3,(H,19,20). The molecule has 0 radical (unpaired) electrons. The maximum atomic E-state index is 12.2. The minimum absolute atomic E-state index is 0.0276. The predicted octanol–water partition coefficient (Wildman–Crippen LogP) is 3.45. The first-order valence-electron chi connectivity index (χ1n) is 8.08. The molecule has 1 fully saturated rings. The highest BCUT2D eigenvalue weighted by Crippen LogP contribution is 2.24. The second-order valence-corrected chi connectivity index (χ2v) is 6.09. The molecule has 0 aromatic heterocycles. The van der Waals surface area contributed by atoms with E-state index in [2.05, 4.69) is 13.8 Å². The Balaban J connectivity index is 2.31. The first-order valence-corrected chi connectivity index (χ1v) is 8.08. The number of hydrogen-bond donors (Lipinski definition) is 1. The Labute approximate surface area is 122 Å². The number of carboxylic acid groups (broad SMARTS) is 1. The number of nitrogens with zero attached hydrogens (tertiary/aromatic N) is 1. The Kier molecular flexibility index (Phi) is 7.63. The molecule has 0 aromatic rings. The molecule has 1 N–H and O–H groups in total. The van der Waals surface area contributed by atoms with Crippen LogP contribution in [0.1, 0.15) is 71.6 Å². The molecule has 0 saturated carbocycles. The Morgan fingerprint density at radius 3 is 2.45 bits per heavy atom. The van der Waals surface area contributed by atoms with Crippen LogP contribution in [-0.4, -0.2) is 34.5 Å². The Morgan fingerprint density at radius 2 is 1.80 bits per heavy atom. The number of carbonyl (C=O) groups is 2. The fraction of sp³-hybridized carbons (Fsp3) is 0.875. The van der Waals surface area contributed by atoms with Crippen molar-refractivity contribution in [3.8, 4) is 0 Å². The lowest BCUT2D eigenvalue weighted by atomic mass is 9.92. The van der Waals surface area contributed by atoms with Gasteiger partial charge in [0.2, 0.25) is 5.91 Å². The summed E-state index contributed by atoms with van der Waals surface area (Å²) in [4.78, 5) is 25.0. The maximum Gasteiger partial charge on any atom is 0.326 e. The van der Waals surface area contributed by atoms with Crippen LogP contribution in [0.15, 0.2) is 0 Å². The summed E-state index contributed by atoms with van der Waals surface area (Å²) in [5, 5.41) is 9.25. The summed E-state index contributed by atoms with van der Waals surface area (Å²) in [5.74, 6) is -0.429. The third-order valence-electron chi connectivity index (χ3n) is 4.21. The van der Waals surface area contributed by atoms with Gasteiger partial charge in [0.05, 0.1) is 0 Å². The van der Waals surface area contributed by atoms with E-state index < -0.39 is 12.0 Å². The van der Waals surface area contributed by atoms with Crippen molar-refractivity contribution in [1.82, 2.24) is 4.90 Å². The molecule has 2 atom stereocenters. The van der Waals surface area contributed by atoms with Crippen LogP contribution in [0.2, 0.25) is 0 Å². The van der Waals surface area contributed by atoms with Crippen LogP contribution in [0.3, 0.4) is 0 Å². The van der Waals surface area contributed by atoms with Crippen molar-refractivity contribution in [2.75, 3.05) is 6.54 Å². The average Bonchev–Trinajstić information content (AvgIpc) is 2.42. The third kappa shape index (κ3) is 5.51. The molecule has 1 aliphatic heterocycles. The summed E-state index contributed by atoms with van der Waals surface area (Å²) in [7, 11) is 0. The van der Waals surface area contributed by atoms with Crippen molar-refractivity contribution in [3.63, 3.8) is 0 Å². The van der Waals surface area contributed by atoms with Gasteiger partial charge in [0.15, 0.2) is 0 Å². The number of likely N-dealkylation sites (tertiary alicyclic amines) is 1. The van der Waals surface area contributed by atoms with Crippen LogP contribution in [0, 0.1) is 5.92 Å². The maximum absolute atomic E-state index is 12.2. The van der Waals surface area contributed by atoms with Crippen molar-refractivity contribution in [2.45, 2.75) is 77.7 Å². The molecular formula is C16H29NO3. The van der Waals surface area contributed by atoms with Gasteiger partial charge < -0.3 is 10.0 Å². The number of piperidine rings is 1. The lowest BCUT2D eigenvalue weighted by Crippen LogP contribution is -2.49. The van der Waals surface area contributed by atoms with Crippen LogP contribution in [-0.2, 0) is 9.59 Å². The third-order valence-corrected chi connectivity index (χ3v) is 4.21. The zero-order chi connectivity index (χ0) is 15.0. The summed E-state index contributed by atoms with van der Waals surface area (Å²) in [6.45, 7) is 4.85. The van der Waals surface area contributed by atoms with Crippen molar-refractivity contribution in [1.29, 1.82) is 0 Å². The smallest absolute Gasteiger partial charge is 0.326 e. The van der Waals surface area contributed by atoms with Gasteiger partial charge in [-0.05, 0) is 25.2 Å². The molecule has 1 amide bonds.